The molecule has 114 valence electrons. The molecule has 0 bridgehead atoms. The Kier molecular flexibility index (Phi) is 4.15. The molecule has 3 rings (SSSR count). The lowest BCUT2D eigenvalue weighted by molar-refractivity contribution is -0.125. The maximum absolute atomic E-state index is 12.4. The van der Waals surface area contributed by atoms with Crippen LogP contribution in [-0.4, -0.2) is 30.7 Å². The maximum Gasteiger partial charge on any atom is 0.225 e. The fourth-order valence-corrected chi connectivity index (χ4v) is 3.56. The molecule has 1 aromatic carbocycles. The Balaban J connectivity index is 1.57. The molecule has 1 amide bonds. The Hall–Kier alpha value is -1.55. The molecule has 1 fully saturated rings. The van der Waals surface area contributed by atoms with Crippen molar-refractivity contribution in [1.82, 2.24) is 5.32 Å². The van der Waals surface area contributed by atoms with Gasteiger partial charge >= 0.3 is 0 Å². The summed E-state index contributed by atoms with van der Waals surface area (Å²) < 4.78 is 0. The van der Waals surface area contributed by atoms with Crippen LogP contribution >= 0.6 is 0 Å². The number of anilines is 1. The minimum Gasteiger partial charge on any atom is -0.396 e. The van der Waals surface area contributed by atoms with Crippen LogP contribution in [0.3, 0.4) is 0 Å². The topological polar surface area (TPSA) is 61.4 Å². The van der Waals surface area contributed by atoms with Crippen molar-refractivity contribution in [3.8, 4) is 0 Å². The molecule has 1 unspecified atom stereocenters. The first kappa shape index (κ1) is 14.4. The van der Waals surface area contributed by atoms with Gasteiger partial charge in [0.25, 0.3) is 0 Å². The smallest absolute Gasteiger partial charge is 0.225 e. The number of rotatable bonds is 4. The van der Waals surface area contributed by atoms with Gasteiger partial charge in [-0.25, -0.2) is 0 Å². The molecule has 1 saturated carbocycles. The fourth-order valence-electron chi connectivity index (χ4n) is 3.56. The Morgan fingerprint density at radius 2 is 2.10 bits per heavy atom. The zero-order valence-electron chi connectivity index (χ0n) is 12.4. The first-order chi connectivity index (χ1) is 10.2. The van der Waals surface area contributed by atoms with E-state index in [1.165, 1.54) is 5.56 Å². The molecule has 1 heterocycles. The van der Waals surface area contributed by atoms with Crippen LogP contribution in [0.4, 0.5) is 5.69 Å². The lowest BCUT2D eigenvalue weighted by Crippen LogP contribution is -2.43. The molecule has 0 aromatic heterocycles. The molecule has 4 nitrogen and oxygen atoms in total. The van der Waals surface area contributed by atoms with Crippen LogP contribution in [0.1, 0.15) is 31.2 Å². The summed E-state index contributed by atoms with van der Waals surface area (Å²) in [6, 6.07) is 8.16. The van der Waals surface area contributed by atoms with Gasteiger partial charge in [-0.05, 0) is 30.9 Å². The van der Waals surface area contributed by atoms with E-state index < -0.39 is 0 Å². The lowest BCUT2D eigenvalue weighted by Gasteiger charge is -2.29. The minimum atomic E-state index is -0.0737. The second-order valence-electron chi connectivity index (χ2n) is 6.52. The lowest BCUT2D eigenvalue weighted by atomic mass is 9.86. The van der Waals surface area contributed by atoms with E-state index in [-0.39, 0.29) is 23.8 Å². The summed E-state index contributed by atoms with van der Waals surface area (Å²) in [7, 11) is 0. The van der Waals surface area contributed by atoms with Crippen LogP contribution in [0.2, 0.25) is 0 Å². The zero-order chi connectivity index (χ0) is 14.7. The summed E-state index contributed by atoms with van der Waals surface area (Å²) in [4.78, 5) is 12.4. The van der Waals surface area contributed by atoms with Crippen molar-refractivity contribution in [3.63, 3.8) is 0 Å². The molecule has 2 aliphatic rings. The monoisotopic (exact) mass is 288 g/mol. The fraction of sp³-hybridized carbons (Fsp3) is 0.588. The number of nitrogens with one attached hydrogen (secondary N) is 2. The third-order valence-corrected chi connectivity index (χ3v) is 5.03. The first-order valence-electron chi connectivity index (χ1n) is 7.93. The molecule has 1 atom stereocenters. The largest absolute Gasteiger partial charge is 0.396 e. The molecule has 0 radical (unpaired) electrons. The number of fused-ring (bicyclic) bond motifs is 1. The number of para-hydroxylation sites is 1. The molecular formula is C17H24N2O2. The number of aliphatic hydroxyl groups excluding tert-OH is 1. The normalized spacial score (nSPS) is 23.2. The van der Waals surface area contributed by atoms with Gasteiger partial charge in [-0.2, -0.15) is 0 Å². The number of aliphatic hydroxyl groups is 1. The molecular weight excluding hydrogens is 264 g/mol. The molecule has 0 saturated heterocycles. The van der Waals surface area contributed by atoms with Crippen LogP contribution in [0.15, 0.2) is 24.3 Å². The van der Waals surface area contributed by atoms with Crippen molar-refractivity contribution in [1.29, 1.82) is 0 Å². The molecule has 0 spiro atoms. The summed E-state index contributed by atoms with van der Waals surface area (Å²) in [6.45, 7) is 1.48. The van der Waals surface area contributed by atoms with Crippen LogP contribution in [-0.2, 0) is 11.2 Å². The van der Waals surface area contributed by atoms with Crippen LogP contribution in [0.5, 0.6) is 0 Å². The van der Waals surface area contributed by atoms with Gasteiger partial charge in [-0.15, -0.1) is 0 Å². The van der Waals surface area contributed by atoms with E-state index in [1.807, 2.05) is 12.1 Å². The predicted molar refractivity (Wildman–Crippen MR) is 83.1 cm³/mol. The van der Waals surface area contributed by atoms with Gasteiger partial charge in [0, 0.05) is 24.2 Å². The Morgan fingerprint density at radius 1 is 1.33 bits per heavy atom. The first-order valence-corrected chi connectivity index (χ1v) is 7.93. The molecule has 21 heavy (non-hydrogen) atoms. The van der Waals surface area contributed by atoms with Crippen molar-refractivity contribution in [3.05, 3.63) is 29.8 Å². The Morgan fingerprint density at radius 3 is 2.86 bits per heavy atom. The van der Waals surface area contributed by atoms with Crippen molar-refractivity contribution in [2.75, 3.05) is 25.0 Å². The van der Waals surface area contributed by atoms with Gasteiger partial charge < -0.3 is 15.7 Å². The third kappa shape index (κ3) is 3.05. The predicted octanol–water partition coefficient (Wildman–Crippen LogP) is 1.94. The van der Waals surface area contributed by atoms with Crippen molar-refractivity contribution in [2.45, 2.75) is 32.1 Å². The SMILES string of the molecule is O=C(NCC1(CO)CCCC1)C1CNc2ccccc2C1. The van der Waals surface area contributed by atoms with Gasteiger partial charge in [-0.3, -0.25) is 4.79 Å². The summed E-state index contributed by atoms with van der Waals surface area (Å²) in [5, 5.41) is 16.0. The van der Waals surface area contributed by atoms with E-state index in [4.69, 9.17) is 0 Å². The van der Waals surface area contributed by atoms with E-state index in [0.29, 0.717) is 13.1 Å². The Bertz CT molecular complexity index is 509. The zero-order valence-corrected chi connectivity index (χ0v) is 12.4. The summed E-state index contributed by atoms with van der Waals surface area (Å²) in [5.74, 6) is 0.0915. The number of benzene rings is 1. The average Bonchev–Trinajstić information content (AvgIpc) is 3.01. The number of hydrogen-bond acceptors (Lipinski definition) is 3. The highest BCUT2D eigenvalue weighted by Gasteiger charge is 2.34. The molecule has 1 aliphatic heterocycles. The summed E-state index contributed by atoms with van der Waals surface area (Å²) in [5.41, 5.74) is 2.28. The second-order valence-corrected chi connectivity index (χ2v) is 6.52. The average molecular weight is 288 g/mol. The molecule has 4 heteroatoms. The molecule has 1 aliphatic carbocycles. The highest BCUT2D eigenvalue weighted by molar-refractivity contribution is 5.80. The van der Waals surface area contributed by atoms with Gasteiger partial charge in [0.1, 0.15) is 0 Å². The van der Waals surface area contributed by atoms with Crippen LogP contribution in [0, 0.1) is 11.3 Å². The summed E-state index contributed by atoms with van der Waals surface area (Å²) in [6.07, 6.45) is 5.16. The van der Waals surface area contributed by atoms with E-state index in [9.17, 15) is 9.90 Å². The van der Waals surface area contributed by atoms with Crippen molar-refractivity contribution >= 4 is 11.6 Å². The maximum atomic E-state index is 12.4. The van der Waals surface area contributed by atoms with E-state index in [1.54, 1.807) is 0 Å². The third-order valence-electron chi connectivity index (χ3n) is 5.03. The number of carbonyl (C=O) groups is 1. The molecule has 3 N–H and O–H groups in total. The van der Waals surface area contributed by atoms with Gasteiger partial charge in [-0.1, -0.05) is 31.0 Å². The van der Waals surface area contributed by atoms with E-state index in [0.717, 1.165) is 37.8 Å². The molecule has 1 aromatic rings. The van der Waals surface area contributed by atoms with Gasteiger partial charge in [0.05, 0.1) is 12.5 Å². The highest BCUT2D eigenvalue weighted by Crippen LogP contribution is 2.37. The van der Waals surface area contributed by atoms with Crippen molar-refractivity contribution in [2.24, 2.45) is 11.3 Å². The number of carbonyl (C=O) groups excluding carboxylic acids is 1. The Labute approximate surface area is 125 Å². The minimum absolute atomic E-state index is 0.0166. The van der Waals surface area contributed by atoms with Crippen LogP contribution < -0.4 is 10.6 Å². The van der Waals surface area contributed by atoms with Crippen LogP contribution in [0.25, 0.3) is 0 Å². The van der Waals surface area contributed by atoms with Gasteiger partial charge in [0.2, 0.25) is 5.91 Å². The highest BCUT2D eigenvalue weighted by atomic mass is 16.3. The van der Waals surface area contributed by atoms with Crippen molar-refractivity contribution < 1.29 is 9.90 Å². The quantitative estimate of drug-likeness (QED) is 0.793. The number of amides is 1. The second kappa shape index (κ2) is 6.06. The van der Waals surface area contributed by atoms with Gasteiger partial charge in [0.15, 0.2) is 0 Å². The standard InChI is InChI=1S/C17H24N2O2/c20-12-17(7-3-4-8-17)11-19-16(21)14-9-13-5-1-2-6-15(13)18-10-14/h1-2,5-6,14,18,20H,3-4,7-12H2,(H,19,21). The number of hydrogen-bond donors (Lipinski definition) is 3. The summed E-state index contributed by atoms with van der Waals surface area (Å²) >= 11 is 0. The van der Waals surface area contributed by atoms with E-state index in [2.05, 4.69) is 22.8 Å². The van der Waals surface area contributed by atoms with E-state index >= 15 is 0 Å².